The number of nitrogen functional groups attached to an aromatic ring is 1. The number of anilines is 1. The van der Waals surface area contributed by atoms with Crippen molar-refractivity contribution in [3.63, 3.8) is 0 Å². The first-order valence-corrected chi connectivity index (χ1v) is 6.35. The molecular formula is C15H11Cl2NO. The third kappa shape index (κ3) is 3.60. The van der Waals surface area contributed by atoms with Gasteiger partial charge in [0.05, 0.1) is 10.0 Å². The van der Waals surface area contributed by atoms with Gasteiger partial charge in [-0.2, -0.15) is 0 Å². The van der Waals surface area contributed by atoms with Crippen LogP contribution in [-0.4, -0.2) is 5.78 Å². The highest BCUT2D eigenvalue weighted by Gasteiger charge is 2.01. The Bertz CT molecular complexity index is 633. The second kappa shape index (κ2) is 5.91. The number of hydrogen-bond donors (Lipinski definition) is 1. The molecule has 2 aromatic carbocycles. The van der Waals surface area contributed by atoms with Crippen molar-refractivity contribution in [1.29, 1.82) is 0 Å². The number of nitrogens with two attached hydrogens (primary N) is 1. The van der Waals surface area contributed by atoms with Gasteiger partial charge in [-0.15, -0.1) is 0 Å². The van der Waals surface area contributed by atoms with Crippen molar-refractivity contribution in [2.45, 2.75) is 0 Å². The van der Waals surface area contributed by atoms with Gasteiger partial charge in [-0.3, -0.25) is 4.79 Å². The Morgan fingerprint density at radius 3 is 2.32 bits per heavy atom. The van der Waals surface area contributed by atoms with E-state index in [9.17, 15) is 4.79 Å². The van der Waals surface area contributed by atoms with Crippen LogP contribution in [0, 0.1) is 0 Å². The van der Waals surface area contributed by atoms with E-state index in [2.05, 4.69) is 0 Å². The van der Waals surface area contributed by atoms with Gasteiger partial charge in [0, 0.05) is 11.3 Å². The smallest absolute Gasteiger partial charge is 0.185 e. The van der Waals surface area contributed by atoms with Gasteiger partial charge in [0.15, 0.2) is 5.78 Å². The standard InChI is InChI=1S/C15H11Cl2NO/c16-13-7-1-10(9-14(13)17)2-8-15(19)11-3-5-12(18)6-4-11/h1-9H,18H2/b8-2+. The van der Waals surface area contributed by atoms with Crippen LogP contribution in [0.1, 0.15) is 15.9 Å². The molecule has 0 radical (unpaired) electrons. The zero-order chi connectivity index (χ0) is 13.8. The fourth-order valence-electron chi connectivity index (χ4n) is 1.53. The second-order valence-electron chi connectivity index (χ2n) is 3.99. The Labute approximate surface area is 121 Å². The van der Waals surface area contributed by atoms with E-state index in [4.69, 9.17) is 28.9 Å². The van der Waals surface area contributed by atoms with Gasteiger partial charge >= 0.3 is 0 Å². The lowest BCUT2D eigenvalue weighted by Crippen LogP contribution is -1.94. The van der Waals surface area contributed by atoms with Crippen LogP contribution >= 0.6 is 23.2 Å². The van der Waals surface area contributed by atoms with E-state index in [1.54, 1.807) is 48.5 Å². The summed E-state index contributed by atoms with van der Waals surface area (Å²) in [6, 6.07) is 12.0. The first kappa shape index (κ1) is 13.7. The first-order valence-electron chi connectivity index (χ1n) is 5.59. The molecule has 0 saturated heterocycles. The molecule has 4 heteroatoms. The Balaban J connectivity index is 2.15. The summed E-state index contributed by atoms with van der Waals surface area (Å²) in [4.78, 5) is 11.9. The second-order valence-corrected chi connectivity index (χ2v) is 4.81. The zero-order valence-electron chi connectivity index (χ0n) is 9.94. The van der Waals surface area contributed by atoms with Crippen molar-refractivity contribution >= 4 is 40.7 Å². The summed E-state index contributed by atoms with van der Waals surface area (Å²) in [6.45, 7) is 0. The largest absolute Gasteiger partial charge is 0.399 e. The number of carbonyl (C=O) groups excluding carboxylic acids is 1. The summed E-state index contributed by atoms with van der Waals surface area (Å²) in [7, 11) is 0. The molecular weight excluding hydrogens is 281 g/mol. The Morgan fingerprint density at radius 1 is 1.00 bits per heavy atom. The molecule has 0 saturated carbocycles. The van der Waals surface area contributed by atoms with Crippen LogP contribution in [0.4, 0.5) is 5.69 Å². The quantitative estimate of drug-likeness (QED) is 0.515. The van der Waals surface area contributed by atoms with E-state index < -0.39 is 0 Å². The lowest BCUT2D eigenvalue weighted by Gasteiger charge is -1.98. The molecule has 0 spiro atoms. The average molecular weight is 292 g/mol. The fourth-order valence-corrected chi connectivity index (χ4v) is 1.84. The van der Waals surface area contributed by atoms with Crippen LogP contribution in [0.3, 0.4) is 0 Å². The lowest BCUT2D eigenvalue weighted by atomic mass is 10.1. The topological polar surface area (TPSA) is 43.1 Å². The molecule has 0 heterocycles. The normalized spacial score (nSPS) is 10.8. The summed E-state index contributed by atoms with van der Waals surface area (Å²) in [5, 5.41) is 0.951. The monoisotopic (exact) mass is 291 g/mol. The van der Waals surface area contributed by atoms with Gasteiger partial charge in [0.25, 0.3) is 0 Å². The van der Waals surface area contributed by atoms with Crippen LogP contribution in [0.5, 0.6) is 0 Å². The predicted molar refractivity (Wildman–Crippen MR) is 80.7 cm³/mol. The maximum atomic E-state index is 11.9. The van der Waals surface area contributed by atoms with Gasteiger partial charge in [-0.1, -0.05) is 35.3 Å². The van der Waals surface area contributed by atoms with E-state index in [1.807, 2.05) is 0 Å². The third-order valence-corrected chi connectivity index (χ3v) is 3.31. The van der Waals surface area contributed by atoms with Crippen LogP contribution in [-0.2, 0) is 0 Å². The molecule has 0 fully saturated rings. The van der Waals surface area contributed by atoms with Crippen molar-refractivity contribution in [3.8, 4) is 0 Å². The molecule has 0 aliphatic heterocycles. The Kier molecular flexibility index (Phi) is 4.25. The number of allylic oxidation sites excluding steroid dienone is 1. The zero-order valence-corrected chi connectivity index (χ0v) is 11.4. The van der Waals surface area contributed by atoms with E-state index in [0.717, 1.165) is 5.56 Å². The van der Waals surface area contributed by atoms with Gasteiger partial charge in [0.2, 0.25) is 0 Å². The van der Waals surface area contributed by atoms with Crippen molar-refractivity contribution in [2.24, 2.45) is 0 Å². The minimum Gasteiger partial charge on any atom is -0.399 e. The fraction of sp³-hybridized carbons (Fsp3) is 0. The molecule has 0 unspecified atom stereocenters. The molecule has 0 aliphatic rings. The van der Waals surface area contributed by atoms with E-state index in [0.29, 0.717) is 21.3 Å². The van der Waals surface area contributed by atoms with Crippen LogP contribution in [0.15, 0.2) is 48.5 Å². The highest BCUT2D eigenvalue weighted by molar-refractivity contribution is 6.42. The molecule has 2 rings (SSSR count). The molecule has 0 amide bonds. The summed E-state index contributed by atoms with van der Waals surface area (Å²) >= 11 is 11.7. The Morgan fingerprint density at radius 2 is 1.68 bits per heavy atom. The summed E-state index contributed by atoms with van der Waals surface area (Å²) in [6.07, 6.45) is 3.19. The molecule has 0 bridgehead atoms. The van der Waals surface area contributed by atoms with Gasteiger partial charge < -0.3 is 5.73 Å². The maximum absolute atomic E-state index is 11.9. The van der Waals surface area contributed by atoms with E-state index in [-0.39, 0.29) is 5.78 Å². The number of benzene rings is 2. The minimum atomic E-state index is -0.0916. The average Bonchev–Trinajstić information content (AvgIpc) is 2.40. The summed E-state index contributed by atoms with van der Waals surface area (Å²) < 4.78 is 0. The number of carbonyl (C=O) groups is 1. The van der Waals surface area contributed by atoms with Gasteiger partial charge in [-0.05, 0) is 48.0 Å². The molecule has 2 N–H and O–H groups in total. The van der Waals surface area contributed by atoms with Crippen LogP contribution < -0.4 is 5.73 Å². The van der Waals surface area contributed by atoms with Gasteiger partial charge in [-0.25, -0.2) is 0 Å². The SMILES string of the molecule is Nc1ccc(C(=O)/C=C/c2ccc(Cl)c(Cl)c2)cc1. The number of hydrogen-bond acceptors (Lipinski definition) is 2. The highest BCUT2D eigenvalue weighted by Crippen LogP contribution is 2.23. The molecule has 0 aliphatic carbocycles. The number of halogens is 2. The highest BCUT2D eigenvalue weighted by atomic mass is 35.5. The van der Waals surface area contributed by atoms with Crippen molar-refractivity contribution < 1.29 is 4.79 Å². The molecule has 96 valence electrons. The summed E-state index contributed by atoms with van der Waals surface area (Å²) in [5.74, 6) is -0.0916. The lowest BCUT2D eigenvalue weighted by molar-refractivity contribution is 0.104. The van der Waals surface area contributed by atoms with E-state index in [1.165, 1.54) is 6.08 Å². The summed E-state index contributed by atoms with van der Waals surface area (Å²) in [5.41, 5.74) is 7.60. The molecule has 0 atom stereocenters. The number of rotatable bonds is 3. The van der Waals surface area contributed by atoms with E-state index >= 15 is 0 Å². The van der Waals surface area contributed by atoms with Crippen molar-refractivity contribution in [2.75, 3.05) is 5.73 Å². The number of ketones is 1. The van der Waals surface area contributed by atoms with Crippen molar-refractivity contribution in [3.05, 3.63) is 69.7 Å². The predicted octanol–water partition coefficient (Wildman–Crippen LogP) is 4.47. The minimum absolute atomic E-state index is 0.0916. The molecule has 2 nitrogen and oxygen atoms in total. The first-order chi connectivity index (χ1) is 9.06. The van der Waals surface area contributed by atoms with Gasteiger partial charge in [0.1, 0.15) is 0 Å². The maximum Gasteiger partial charge on any atom is 0.185 e. The van der Waals surface area contributed by atoms with Crippen molar-refractivity contribution in [1.82, 2.24) is 0 Å². The van der Waals surface area contributed by atoms with Crippen LogP contribution in [0.25, 0.3) is 6.08 Å². The third-order valence-electron chi connectivity index (χ3n) is 2.57. The van der Waals surface area contributed by atoms with Crippen LogP contribution in [0.2, 0.25) is 10.0 Å². The Hall–Kier alpha value is -1.77. The molecule has 2 aromatic rings. The molecule has 19 heavy (non-hydrogen) atoms. The molecule has 0 aromatic heterocycles.